The minimum absolute atomic E-state index is 0.0459. The molecule has 12 heteroatoms. The van der Waals surface area contributed by atoms with E-state index < -0.39 is 6.23 Å². The van der Waals surface area contributed by atoms with Gasteiger partial charge in [-0.1, -0.05) is 36.4 Å². The molecule has 262 valence electrons. The van der Waals surface area contributed by atoms with E-state index in [4.69, 9.17) is 21.6 Å². The van der Waals surface area contributed by atoms with Gasteiger partial charge in [-0.15, -0.1) is 0 Å². The molecule has 0 bridgehead atoms. The van der Waals surface area contributed by atoms with E-state index in [1.54, 1.807) is 36.2 Å². The minimum atomic E-state index is -0.671. The molecule has 0 spiro atoms. The molecule has 1 amide bonds. The van der Waals surface area contributed by atoms with Gasteiger partial charge < -0.3 is 21.3 Å². The molecule has 50 heavy (non-hydrogen) atoms. The fourth-order valence-corrected chi connectivity index (χ4v) is 6.02. The summed E-state index contributed by atoms with van der Waals surface area (Å²) in [5.41, 5.74) is 17.6. The maximum atomic E-state index is 13.7. The molecule has 0 aliphatic carbocycles. The highest BCUT2D eigenvalue weighted by molar-refractivity contribution is 6.13. The lowest BCUT2D eigenvalue weighted by Crippen LogP contribution is -2.45. The van der Waals surface area contributed by atoms with Gasteiger partial charge >= 0.3 is 0 Å². The third-order valence-corrected chi connectivity index (χ3v) is 8.71. The van der Waals surface area contributed by atoms with Crippen LogP contribution in [-0.4, -0.2) is 102 Å². The highest BCUT2D eigenvalue weighted by Crippen LogP contribution is 2.26. The van der Waals surface area contributed by atoms with Crippen LogP contribution in [0.5, 0.6) is 5.75 Å². The number of nitrogens with two attached hydrogens (primary N) is 2. The number of likely N-dealkylation sites (N-methyl/N-ethyl adjacent to an activating group) is 1. The number of carbonyl (C=O) groups is 1. The highest BCUT2D eigenvalue weighted by atomic mass is 16.5. The Morgan fingerprint density at radius 2 is 1.80 bits per heavy atom. The SMILES string of the molecule is CCN(C(=O)C1=CCN(CC(O)N2CC=C(c3ccc(C(N)=NC=NC)cc3)CC2)C1)c1ccc(N)c(C(=N)c2ccc(OC(C)C)cc2)n1. The molecule has 6 N–H and O–H groups in total. The smallest absolute Gasteiger partial charge is 0.256 e. The van der Waals surface area contributed by atoms with Crippen molar-refractivity contribution in [2.75, 3.05) is 56.9 Å². The number of rotatable bonds is 13. The van der Waals surface area contributed by atoms with E-state index in [0.717, 1.165) is 29.8 Å². The number of aromatic nitrogens is 1. The van der Waals surface area contributed by atoms with Gasteiger partial charge in [0.2, 0.25) is 0 Å². The maximum Gasteiger partial charge on any atom is 0.256 e. The summed E-state index contributed by atoms with van der Waals surface area (Å²) in [7, 11) is 1.65. The lowest BCUT2D eigenvalue weighted by atomic mass is 9.98. The molecule has 2 aliphatic heterocycles. The average molecular weight is 678 g/mol. The van der Waals surface area contributed by atoms with Crippen molar-refractivity contribution in [2.45, 2.75) is 39.5 Å². The number of pyridine rings is 1. The Labute approximate surface area is 294 Å². The maximum absolute atomic E-state index is 13.7. The number of aliphatic imine (C=N–C) groups is 2. The van der Waals surface area contributed by atoms with Crippen LogP contribution in [0.2, 0.25) is 0 Å². The standard InChI is InChI=1S/C38H47N9O3/c1-5-47(33-15-14-32(39)36(44-33)35(40)28-10-12-31(13-11-28)50-25(2)3)38(49)30-16-19-45(22-30)23-34(48)46-20-17-27(18-21-46)26-6-8-29(9-7-26)37(41)43-24-42-4/h6-17,24-25,34,40,48H,5,18-23,39H2,1-4H3,(H2,41,42,43). The van der Waals surface area contributed by atoms with E-state index in [9.17, 15) is 9.90 Å². The molecule has 3 heterocycles. The number of benzene rings is 2. The molecule has 3 aromatic rings. The van der Waals surface area contributed by atoms with Crippen molar-refractivity contribution in [3.8, 4) is 5.75 Å². The Morgan fingerprint density at radius 1 is 1.08 bits per heavy atom. The summed E-state index contributed by atoms with van der Waals surface area (Å²) in [4.78, 5) is 32.1. The number of hydrogen-bond acceptors (Lipinski definition) is 9. The van der Waals surface area contributed by atoms with Crippen LogP contribution in [0.4, 0.5) is 11.5 Å². The second kappa shape index (κ2) is 16.5. The second-order valence-corrected chi connectivity index (χ2v) is 12.6. The highest BCUT2D eigenvalue weighted by Gasteiger charge is 2.28. The summed E-state index contributed by atoms with van der Waals surface area (Å²) in [6.07, 6.45) is 5.69. The molecule has 0 radical (unpaired) electrons. The van der Waals surface area contributed by atoms with Gasteiger partial charge in [0.25, 0.3) is 5.91 Å². The molecule has 1 unspecified atom stereocenters. The van der Waals surface area contributed by atoms with Crippen molar-refractivity contribution < 1.29 is 14.6 Å². The van der Waals surface area contributed by atoms with Gasteiger partial charge in [0.15, 0.2) is 0 Å². The zero-order chi connectivity index (χ0) is 35.8. The average Bonchev–Trinajstić information content (AvgIpc) is 3.60. The number of ether oxygens (including phenoxy) is 1. The number of nitrogens with one attached hydrogen (secondary N) is 1. The van der Waals surface area contributed by atoms with Gasteiger partial charge in [0, 0.05) is 63.0 Å². The summed E-state index contributed by atoms with van der Waals surface area (Å²) in [5.74, 6) is 1.41. The fourth-order valence-electron chi connectivity index (χ4n) is 6.02. The fraction of sp³-hybridized carbons (Fsp3) is 0.342. The first-order valence-electron chi connectivity index (χ1n) is 16.9. The topological polar surface area (TPSA) is 170 Å². The first-order valence-corrected chi connectivity index (χ1v) is 16.9. The van der Waals surface area contributed by atoms with E-state index >= 15 is 0 Å². The third kappa shape index (κ3) is 8.70. The van der Waals surface area contributed by atoms with Gasteiger partial charge in [0.05, 0.1) is 17.5 Å². The lowest BCUT2D eigenvalue weighted by Gasteiger charge is -2.33. The first kappa shape index (κ1) is 36.1. The van der Waals surface area contributed by atoms with Crippen LogP contribution < -0.4 is 21.1 Å². The van der Waals surface area contributed by atoms with Crippen molar-refractivity contribution in [2.24, 2.45) is 15.7 Å². The number of amides is 1. The van der Waals surface area contributed by atoms with Gasteiger partial charge in [0.1, 0.15) is 35.7 Å². The Kier molecular flexibility index (Phi) is 11.9. The molecule has 5 rings (SSSR count). The number of amidine groups is 1. The summed E-state index contributed by atoms with van der Waals surface area (Å²) < 4.78 is 5.72. The van der Waals surface area contributed by atoms with E-state index in [1.165, 1.54) is 11.9 Å². The molecule has 0 saturated carbocycles. The van der Waals surface area contributed by atoms with Crippen LogP contribution in [0.3, 0.4) is 0 Å². The first-order chi connectivity index (χ1) is 24.1. The van der Waals surface area contributed by atoms with Crippen LogP contribution in [-0.2, 0) is 4.79 Å². The Morgan fingerprint density at radius 3 is 2.44 bits per heavy atom. The van der Waals surface area contributed by atoms with Gasteiger partial charge in [-0.2, -0.15) is 0 Å². The Hall–Kier alpha value is -5.17. The van der Waals surface area contributed by atoms with Crippen LogP contribution >= 0.6 is 0 Å². The van der Waals surface area contributed by atoms with Crippen LogP contribution in [0, 0.1) is 5.41 Å². The van der Waals surface area contributed by atoms with Crippen molar-refractivity contribution in [3.63, 3.8) is 0 Å². The van der Waals surface area contributed by atoms with Gasteiger partial charge in [-0.25, -0.2) is 9.98 Å². The van der Waals surface area contributed by atoms with Gasteiger partial charge in [-0.3, -0.25) is 29.9 Å². The predicted octanol–water partition coefficient (Wildman–Crippen LogP) is 3.93. The molecular formula is C38H47N9O3. The van der Waals surface area contributed by atoms with Crippen LogP contribution in [0.15, 0.2) is 88.4 Å². The number of aliphatic hydroxyl groups excluding tert-OH is 1. The number of carbonyl (C=O) groups excluding carboxylic acids is 1. The van der Waals surface area contributed by atoms with Crippen LogP contribution in [0.25, 0.3) is 5.57 Å². The molecule has 1 aromatic heterocycles. The molecule has 12 nitrogen and oxygen atoms in total. The summed E-state index contributed by atoms with van der Waals surface area (Å²) >= 11 is 0. The largest absolute Gasteiger partial charge is 0.491 e. The van der Waals surface area contributed by atoms with Gasteiger partial charge in [-0.05, 0) is 74.7 Å². The Bertz CT molecular complexity index is 1800. The number of hydrogen-bond donors (Lipinski definition) is 4. The second-order valence-electron chi connectivity index (χ2n) is 12.6. The molecule has 0 saturated heterocycles. The number of aliphatic hydroxyl groups is 1. The number of nitrogen functional groups attached to an aromatic ring is 1. The van der Waals surface area contributed by atoms with E-state index in [0.29, 0.717) is 66.9 Å². The summed E-state index contributed by atoms with van der Waals surface area (Å²) in [6.45, 7) is 8.95. The molecule has 0 fully saturated rings. The number of anilines is 2. The van der Waals surface area contributed by atoms with E-state index in [1.807, 2.05) is 68.1 Å². The number of β-amino-alcohol motifs (C(OH)–C–C–N with tert-alkyl or cyclic N) is 1. The van der Waals surface area contributed by atoms with E-state index in [-0.39, 0.29) is 17.7 Å². The number of nitrogens with zero attached hydrogens (tertiary/aromatic N) is 6. The van der Waals surface area contributed by atoms with Crippen molar-refractivity contribution in [1.29, 1.82) is 5.41 Å². The minimum Gasteiger partial charge on any atom is -0.491 e. The van der Waals surface area contributed by atoms with Crippen molar-refractivity contribution in [3.05, 3.63) is 101 Å². The monoisotopic (exact) mass is 677 g/mol. The van der Waals surface area contributed by atoms with Crippen LogP contribution in [0.1, 0.15) is 49.6 Å². The van der Waals surface area contributed by atoms with Crippen molar-refractivity contribution >= 4 is 40.9 Å². The predicted molar refractivity (Wildman–Crippen MR) is 201 cm³/mol. The quantitative estimate of drug-likeness (QED) is 0.156. The molecule has 1 atom stereocenters. The normalized spacial score (nSPS) is 16.4. The molecule has 2 aliphatic rings. The molecule has 2 aromatic carbocycles. The zero-order valence-electron chi connectivity index (χ0n) is 29.2. The summed E-state index contributed by atoms with van der Waals surface area (Å²) in [5, 5.41) is 19.9. The van der Waals surface area contributed by atoms with Crippen molar-refractivity contribution in [1.82, 2.24) is 14.8 Å². The lowest BCUT2D eigenvalue weighted by molar-refractivity contribution is -0.115. The van der Waals surface area contributed by atoms with E-state index in [2.05, 4.69) is 25.9 Å². The summed E-state index contributed by atoms with van der Waals surface area (Å²) in [6, 6.07) is 18.6. The third-order valence-electron chi connectivity index (χ3n) is 8.71. The zero-order valence-corrected chi connectivity index (χ0v) is 29.2. The molecular weight excluding hydrogens is 630 g/mol. The Balaban J connectivity index is 1.17.